The van der Waals surface area contributed by atoms with E-state index < -0.39 is 0 Å². The van der Waals surface area contributed by atoms with E-state index in [-0.39, 0.29) is 0 Å². The molecule has 1 N–H and O–H groups in total. The second-order valence-electron chi connectivity index (χ2n) is 6.32. The molecule has 0 spiro atoms. The van der Waals surface area contributed by atoms with Crippen molar-refractivity contribution >= 4 is 11.6 Å². The maximum Gasteiger partial charge on any atom is 0.227 e. The lowest BCUT2D eigenvalue weighted by molar-refractivity contribution is -0.118. The van der Waals surface area contributed by atoms with Crippen LogP contribution in [0.15, 0.2) is 24.3 Å². The van der Waals surface area contributed by atoms with Crippen LogP contribution in [0, 0.1) is 5.92 Å². The Bertz CT molecular complexity index is 500. The fourth-order valence-electron chi connectivity index (χ4n) is 3.95. The Labute approximate surface area is 127 Å². The van der Waals surface area contributed by atoms with Crippen LogP contribution in [-0.4, -0.2) is 25.0 Å². The SMILES string of the molecule is CCNC1CCCC1CCN1C(=O)CCc2ccccc21. The van der Waals surface area contributed by atoms with E-state index in [0.717, 1.165) is 37.5 Å². The number of rotatable bonds is 5. The quantitative estimate of drug-likeness (QED) is 0.902. The molecule has 1 heterocycles. The van der Waals surface area contributed by atoms with Gasteiger partial charge >= 0.3 is 0 Å². The van der Waals surface area contributed by atoms with Crippen molar-refractivity contribution in [1.82, 2.24) is 5.32 Å². The summed E-state index contributed by atoms with van der Waals surface area (Å²) >= 11 is 0. The Morgan fingerprint density at radius 2 is 2.10 bits per heavy atom. The summed E-state index contributed by atoms with van der Waals surface area (Å²) in [5.41, 5.74) is 2.47. The predicted octanol–water partition coefficient (Wildman–Crippen LogP) is 3.13. The summed E-state index contributed by atoms with van der Waals surface area (Å²) in [4.78, 5) is 14.3. The summed E-state index contributed by atoms with van der Waals surface area (Å²) < 4.78 is 0. The largest absolute Gasteiger partial charge is 0.314 e. The van der Waals surface area contributed by atoms with Crippen molar-refractivity contribution in [3.63, 3.8) is 0 Å². The monoisotopic (exact) mass is 286 g/mol. The van der Waals surface area contributed by atoms with E-state index in [1.807, 2.05) is 11.0 Å². The summed E-state index contributed by atoms with van der Waals surface area (Å²) in [6.45, 7) is 4.11. The zero-order valence-corrected chi connectivity index (χ0v) is 13.0. The fraction of sp³-hybridized carbons (Fsp3) is 0.611. The zero-order valence-electron chi connectivity index (χ0n) is 13.0. The van der Waals surface area contributed by atoms with Crippen molar-refractivity contribution in [3.05, 3.63) is 29.8 Å². The first-order valence-electron chi connectivity index (χ1n) is 8.41. The molecular formula is C18H26N2O. The molecule has 1 aromatic rings. The smallest absolute Gasteiger partial charge is 0.227 e. The van der Waals surface area contributed by atoms with Crippen molar-refractivity contribution in [2.24, 2.45) is 5.92 Å². The number of nitrogens with zero attached hydrogens (tertiary/aromatic N) is 1. The van der Waals surface area contributed by atoms with Crippen molar-refractivity contribution < 1.29 is 4.79 Å². The van der Waals surface area contributed by atoms with E-state index in [1.165, 1.54) is 24.8 Å². The zero-order chi connectivity index (χ0) is 14.7. The van der Waals surface area contributed by atoms with Crippen molar-refractivity contribution in [2.45, 2.75) is 51.5 Å². The molecule has 114 valence electrons. The predicted molar refractivity (Wildman–Crippen MR) is 86.5 cm³/mol. The van der Waals surface area contributed by atoms with Gasteiger partial charge in [-0.15, -0.1) is 0 Å². The van der Waals surface area contributed by atoms with Crippen molar-refractivity contribution in [1.29, 1.82) is 0 Å². The van der Waals surface area contributed by atoms with Crippen LogP contribution in [0.5, 0.6) is 0 Å². The molecule has 2 atom stereocenters. The van der Waals surface area contributed by atoms with E-state index >= 15 is 0 Å². The molecule has 2 unspecified atom stereocenters. The first-order valence-corrected chi connectivity index (χ1v) is 8.41. The molecule has 0 bridgehead atoms. The van der Waals surface area contributed by atoms with Gasteiger partial charge in [-0.25, -0.2) is 0 Å². The number of amides is 1. The van der Waals surface area contributed by atoms with Crippen LogP contribution in [0.1, 0.15) is 44.6 Å². The van der Waals surface area contributed by atoms with E-state index in [9.17, 15) is 4.79 Å². The van der Waals surface area contributed by atoms with Crippen LogP contribution in [0.2, 0.25) is 0 Å². The van der Waals surface area contributed by atoms with Crippen LogP contribution in [0.25, 0.3) is 0 Å². The molecule has 1 aliphatic carbocycles. The number of fused-ring (bicyclic) bond motifs is 1. The average molecular weight is 286 g/mol. The Kier molecular flexibility index (Phi) is 4.59. The second kappa shape index (κ2) is 6.61. The van der Waals surface area contributed by atoms with Gasteiger partial charge in [0.15, 0.2) is 0 Å². The fourth-order valence-corrected chi connectivity index (χ4v) is 3.95. The molecule has 1 aliphatic heterocycles. The minimum absolute atomic E-state index is 0.298. The standard InChI is InChI=1S/C18H26N2O/c1-2-19-16-8-5-7-14(16)12-13-20-17-9-4-3-6-15(17)10-11-18(20)21/h3-4,6,9,14,16,19H,2,5,7-8,10-13H2,1H3. The summed E-state index contributed by atoms with van der Waals surface area (Å²) in [5, 5.41) is 3.61. The van der Waals surface area contributed by atoms with E-state index in [2.05, 4.69) is 30.4 Å². The van der Waals surface area contributed by atoms with E-state index in [4.69, 9.17) is 0 Å². The minimum atomic E-state index is 0.298. The normalized spacial score (nSPS) is 25.2. The number of aryl methyl sites for hydroxylation is 1. The molecule has 0 radical (unpaired) electrons. The topological polar surface area (TPSA) is 32.3 Å². The molecule has 3 rings (SSSR count). The number of hydrogen-bond acceptors (Lipinski definition) is 2. The molecule has 3 heteroatoms. The van der Waals surface area contributed by atoms with Crippen molar-refractivity contribution in [2.75, 3.05) is 18.0 Å². The summed E-state index contributed by atoms with van der Waals surface area (Å²) in [6.07, 6.45) is 6.61. The molecule has 3 nitrogen and oxygen atoms in total. The number of nitrogens with one attached hydrogen (secondary N) is 1. The van der Waals surface area contributed by atoms with E-state index in [1.54, 1.807) is 0 Å². The van der Waals surface area contributed by atoms with Gasteiger partial charge in [-0.05, 0) is 49.8 Å². The lowest BCUT2D eigenvalue weighted by Gasteiger charge is -2.31. The van der Waals surface area contributed by atoms with Crippen molar-refractivity contribution in [3.8, 4) is 0 Å². The first kappa shape index (κ1) is 14.6. The maximum absolute atomic E-state index is 12.3. The summed E-state index contributed by atoms with van der Waals surface area (Å²) in [7, 11) is 0. The Balaban J connectivity index is 1.66. The molecule has 2 aliphatic rings. The lowest BCUT2D eigenvalue weighted by atomic mass is 9.96. The molecule has 1 amide bonds. The third kappa shape index (κ3) is 3.13. The van der Waals surface area contributed by atoms with Crippen LogP contribution in [0.4, 0.5) is 5.69 Å². The third-order valence-corrected chi connectivity index (χ3v) is 5.04. The highest BCUT2D eigenvalue weighted by Crippen LogP contribution is 2.32. The van der Waals surface area contributed by atoms with Gasteiger partial charge in [0, 0.05) is 24.7 Å². The number of anilines is 1. The number of carbonyl (C=O) groups is 1. The van der Waals surface area contributed by atoms with Gasteiger partial charge in [-0.2, -0.15) is 0 Å². The van der Waals surface area contributed by atoms with Crippen LogP contribution < -0.4 is 10.2 Å². The van der Waals surface area contributed by atoms with Gasteiger partial charge in [-0.1, -0.05) is 31.5 Å². The minimum Gasteiger partial charge on any atom is -0.314 e. The number of para-hydroxylation sites is 1. The Morgan fingerprint density at radius 1 is 1.24 bits per heavy atom. The van der Waals surface area contributed by atoms with Crippen LogP contribution in [-0.2, 0) is 11.2 Å². The molecule has 1 aromatic carbocycles. The summed E-state index contributed by atoms with van der Waals surface area (Å²) in [6, 6.07) is 9.03. The van der Waals surface area contributed by atoms with Gasteiger partial charge < -0.3 is 10.2 Å². The second-order valence-corrected chi connectivity index (χ2v) is 6.32. The van der Waals surface area contributed by atoms with E-state index in [0.29, 0.717) is 18.4 Å². The first-order chi connectivity index (χ1) is 10.3. The molecule has 1 fully saturated rings. The van der Waals surface area contributed by atoms with Crippen LogP contribution in [0.3, 0.4) is 0 Å². The third-order valence-electron chi connectivity index (χ3n) is 5.04. The van der Waals surface area contributed by atoms with Gasteiger partial charge in [0.25, 0.3) is 0 Å². The summed E-state index contributed by atoms with van der Waals surface area (Å²) in [5.74, 6) is 1.03. The average Bonchev–Trinajstić information content (AvgIpc) is 2.94. The number of benzene rings is 1. The molecular weight excluding hydrogens is 260 g/mol. The number of carbonyl (C=O) groups excluding carboxylic acids is 1. The molecule has 0 aromatic heterocycles. The molecule has 21 heavy (non-hydrogen) atoms. The Hall–Kier alpha value is -1.35. The molecule has 0 saturated heterocycles. The highest BCUT2D eigenvalue weighted by molar-refractivity contribution is 5.96. The number of hydrogen-bond donors (Lipinski definition) is 1. The maximum atomic E-state index is 12.3. The van der Waals surface area contributed by atoms with Gasteiger partial charge in [-0.3, -0.25) is 4.79 Å². The van der Waals surface area contributed by atoms with Crippen LogP contribution >= 0.6 is 0 Å². The lowest BCUT2D eigenvalue weighted by Crippen LogP contribution is -2.39. The highest BCUT2D eigenvalue weighted by Gasteiger charge is 2.29. The van der Waals surface area contributed by atoms with Gasteiger partial charge in [0.2, 0.25) is 5.91 Å². The Morgan fingerprint density at radius 3 is 2.95 bits per heavy atom. The highest BCUT2D eigenvalue weighted by atomic mass is 16.2. The molecule has 1 saturated carbocycles. The van der Waals surface area contributed by atoms with Gasteiger partial charge in [0.05, 0.1) is 0 Å². The van der Waals surface area contributed by atoms with Gasteiger partial charge in [0.1, 0.15) is 0 Å².